The molecule has 0 radical (unpaired) electrons. The molecule has 0 bridgehead atoms. The highest BCUT2D eigenvalue weighted by Crippen LogP contribution is 2.44. The fraction of sp³-hybridized carbons (Fsp3) is 0.0500. The van der Waals surface area contributed by atoms with Crippen LogP contribution in [0.1, 0.15) is 16.7 Å². The monoisotopic (exact) mass is 415 g/mol. The number of H-pyrrole nitrogens is 1. The third-order valence-corrected chi connectivity index (χ3v) is 4.40. The van der Waals surface area contributed by atoms with Crippen LogP contribution in [0.4, 0.5) is 13.2 Å². The molecule has 3 aromatic rings. The average Bonchev–Trinajstić information content (AvgIpc) is 2.66. The second-order valence-corrected chi connectivity index (χ2v) is 6.41. The van der Waals surface area contributed by atoms with Crippen LogP contribution in [0.2, 0.25) is 0 Å². The zero-order valence-electron chi connectivity index (χ0n) is 15.3. The number of aromatic hydroxyl groups is 1. The van der Waals surface area contributed by atoms with Crippen LogP contribution in [-0.4, -0.2) is 21.8 Å². The van der Waals surface area contributed by atoms with E-state index in [-0.39, 0.29) is 39.5 Å². The molecule has 10 heteroatoms. The summed E-state index contributed by atoms with van der Waals surface area (Å²) in [5.41, 5.74) is 7.91. The van der Waals surface area contributed by atoms with Gasteiger partial charge in [0.15, 0.2) is 0 Å². The number of rotatable bonds is 4. The Morgan fingerprint density at radius 1 is 0.900 bits per heavy atom. The number of nitrogens with one attached hydrogen (secondary N) is 3. The van der Waals surface area contributed by atoms with Gasteiger partial charge in [-0.25, -0.2) is 0 Å². The Morgan fingerprint density at radius 2 is 1.37 bits per heavy atom. The third kappa shape index (κ3) is 3.75. The molecule has 30 heavy (non-hydrogen) atoms. The summed E-state index contributed by atoms with van der Waals surface area (Å²) in [7, 11) is 0. The first-order valence-electron chi connectivity index (χ1n) is 8.46. The van der Waals surface area contributed by atoms with Crippen molar-refractivity contribution in [1.29, 1.82) is 10.8 Å². The first-order chi connectivity index (χ1) is 14.0. The molecule has 0 unspecified atom stereocenters. The van der Waals surface area contributed by atoms with Crippen LogP contribution in [-0.2, 0) is 6.18 Å². The van der Waals surface area contributed by atoms with Gasteiger partial charge in [0.2, 0.25) is 5.88 Å². The van der Waals surface area contributed by atoms with Gasteiger partial charge in [0.1, 0.15) is 17.2 Å². The van der Waals surface area contributed by atoms with E-state index in [0.29, 0.717) is 0 Å². The molecule has 1 heterocycles. The molecule has 0 aliphatic carbocycles. The number of pyridine rings is 1. The number of benzene rings is 2. The van der Waals surface area contributed by atoms with Crippen LogP contribution in [0, 0.1) is 10.8 Å². The number of nitrogen functional groups attached to an aromatic ring is 2. The van der Waals surface area contributed by atoms with Crippen molar-refractivity contribution in [3.8, 4) is 28.1 Å². The predicted molar refractivity (Wildman–Crippen MR) is 107 cm³/mol. The van der Waals surface area contributed by atoms with E-state index in [0.717, 1.165) is 0 Å². The first kappa shape index (κ1) is 20.6. The quantitative estimate of drug-likeness (QED) is 0.286. The lowest BCUT2D eigenvalue weighted by Crippen LogP contribution is -2.19. The molecule has 0 spiro atoms. The normalized spacial score (nSPS) is 11.3. The molecule has 0 aliphatic heterocycles. The standard InChI is InChI=1S/C20H16F3N5O2/c21-20(22,23)15-13(9-3-1-5-11(7-9)16(24)25)14(18(29)28-19(15)30)10-4-2-6-12(8-10)17(26)27/h1-8H,(H3,24,25)(H3,26,27)(H2,28,29,30). The fourth-order valence-corrected chi connectivity index (χ4v) is 3.11. The van der Waals surface area contributed by atoms with E-state index in [1.165, 1.54) is 48.5 Å². The van der Waals surface area contributed by atoms with Crippen molar-refractivity contribution >= 4 is 11.7 Å². The van der Waals surface area contributed by atoms with Crippen LogP contribution in [0.25, 0.3) is 22.3 Å². The number of hydrogen-bond acceptors (Lipinski definition) is 4. The maximum atomic E-state index is 13.9. The van der Waals surface area contributed by atoms with Crippen molar-refractivity contribution in [2.45, 2.75) is 6.18 Å². The largest absolute Gasteiger partial charge is 0.494 e. The zero-order valence-corrected chi connectivity index (χ0v) is 15.3. The van der Waals surface area contributed by atoms with Crippen molar-refractivity contribution in [1.82, 2.24) is 4.98 Å². The lowest BCUT2D eigenvalue weighted by atomic mass is 9.90. The Kier molecular flexibility index (Phi) is 5.09. The summed E-state index contributed by atoms with van der Waals surface area (Å²) in [6.07, 6.45) is -5.01. The van der Waals surface area contributed by atoms with Gasteiger partial charge in [-0.2, -0.15) is 13.2 Å². The van der Waals surface area contributed by atoms with Crippen molar-refractivity contribution in [2.75, 3.05) is 0 Å². The minimum Gasteiger partial charge on any atom is -0.494 e. The number of hydrogen-bond donors (Lipinski definition) is 6. The van der Waals surface area contributed by atoms with Gasteiger partial charge in [-0.05, 0) is 23.3 Å². The predicted octanol–water partition coefficient (Wildman–Crippen LogP) is 3.00. The van der Waals surface area contributed by atoms with Crippen molar-refractivity contribution < 1.29 is 18.3 Å². The molecule has 7 nitrogen and oxygen atoms in total. The maximum Gasteiger partial charge on any atom is 0.422 e. The highest BCUT2D eigenvalue weighted by Gasteiger charge is 2.40. The van der Waals surface area contributed by atoms with Gasteiger partial charge in [0.05, 0.1) is 5.56 Å². The van der Waals surface area contributed by atoms with Crippen LogP contribution >= 0.6 is 0 Å². The Balaban J connectivity index is 2.49. The van der Waals surface area contributed by atoms with Gasteiger partial charge < -0.3 is 16.6 Å². The number of alkyl halides is 3. The summed E-state index contributed by atoms with van der Waals surface area (Å²) in [5, 5.41) is 25.1. The summed E-state index contributed by atoms with van der Waals surface area (Å²) in [6, 6.07) is 11.0. The van der Waals surface area contributed by atoms with Crippen molar-refractivity contribution in [3.63, 3.8) is 0 Å². The lowest BCUT2D eigenvalue weighted by Gasteiger charge is -2.19. The second-order valence-electron chi connectivity index (χ2n) is 6.41. The van der Waals surface area contributed by atoms with E-state index in [1.54, 1.807) is 0 Å². The Hall–Kier alpha value is -4.08. The first-order valence-corrected chi connectivity index (χ1v) is 8.46. The molecule has 1 aromatic heterocycles. The molecule has 0 amide bonds. The average molecular weight is 415 g/mol. The highest BCUT2D eigenvalue weighted by molar-refractivity contribution is 5.99. The molecular formula is C20H16F3N5O2. The molecule has 0 saturated carbocycles. The number of aromatic amines is 1. The summed E-state index contributed by atoms with van der Waals surface area (Å²) >= 11 is 0. The van der Waals surface area contributed by atoms with Gasteiger partial charge in [-0.3, -0.25) is 20.6 Å². The molecule has 0 saturated heterocycles. The van der Waals surface area contributed by atoms with Gasteiger partial charge in [0, 0.05) is 16.7 Å². The molecule has 0 aliphatic rings. The fourth-order valence-electron chi connectivity index (χ4n) is 3.11. The summed E-state index contributed by atoms with van der Waals surface area (Å²) in [4.78, 5) is 14.5. The molecule has 8 N–H and O–H groups in total. The highest BCUT2D eigenvalue weighted by atomic mass is 19.4. The van der Waals surface area contributed by atoms with E-state index in [4.69, 9.17) is 22.3 Å². The molecule has 0 fully saturated rings. The smallest absolute Gasteiger partial charge is 0.422 e. The molecule has 3 rings (SSSR count). The minimum absolute atomic E-state index is 0.0673. The summed E-state index contributed by atoms with van der Waals surface area (Å²) in [5.74, 6) is -2.04. The molecular weight excluding hydrogens is 399 g/mol. The van der Waals surface area contributed by atoms with E-state index in [1.807, 2.05) is 4.98 Å². The summed E-state index contributed by atoms with van der Waals surface area (Å²) in [6.45, 7) is 0. The molecule has 154 valence electrons. The van der Waals surface area contributed by atoms with Crippen molar-refractivity contribution in [2.24, 2.45) is 11.5 Å². The van der Waals surface area contributed by atoms with Crippen molar-refractivity contribution in [3.05, 3.63) is 75.6 Å². The third-order valence-electron chi connectivity index (χ3n) is 4.40. The van der Waals surface area contributed by atoms with Gasteiger partial charge >= 0.3 is 6.18 Å². The number of aromatic nitrogens is 1. The van der Waals surface area contributed by atoms with Crippen LogP contribution in [0.15, 0.2) is 53.3 Å². The number of nitrogens with two attached hydrogens (primary N) is 2. The van der Waals surface area contributed by atoms with Gasteiger partial charge in [-0.15, -0.1) is 0 Å². The van der Waals surface area contributed by atoms with E-state index in [9.17, 15) is 23.1 Å². The minimum atomic E-state index is -5.01. The maximum absolute atomic E-state index is 13.9. The SMILES string of the molecule is N=C(N)c1cccc(-c2c(C(F)(F)F)c(O)[nH]c(=O)c2-c2cccc(C(=N)N)c2)c1. The van der Waals surface area contributed by atoms with Crippen LogP contribution in [0.5, 0.6) is 5.88 Å². The van der Waals surface area contributed by atoms with Crippen LogP contribution in [0.3, 0.4) is 0 Å². The van der Waals surface area contributed by atoms with Crippen LogP contribution < -0.4 is 17.0 Å². The summed E-state index contributed by atoms with van der Waals surface area (Å²) < 4.78 is 41.7. The van der Waals surface area contributed by atoms with E-state index in [2.05, 4.69) is 0 Å². The second kappa shape index (κ2) is 7.39. The van der Waals surface area contributed by atoms with E-state index < -0.39 is 28.7 Å². The molecule has 0 atom stereocenters. The zero-order chi connectivity index (χ0) is 22.2. The Bertz CT molecular complexity index is 1230. The topological polar surface area (TPSA) is 153 Å². The number of amidine groups is 2. The Morgan fingerprint density at radius 3 is 1.80 bits per heavy atom. The lowest BCUT2D eigenvalue weighted by molar-refractivity contribution is -0.138. The number of halogens is 3. The van der Waals surface area contributed by atoms with Gasteiger partial charge in [0.25, 0.3) is 5.56 Å². The molecule has 2 aromatic carbocycles. The van der Waals surface area contributed by atoms with E-state index >= 15 is 0 Å². The van der Waals surface area contributed by atoms with Gasteiger partial charge in [-0.1, -0.05) is 36.4 Å². The Labute approximate surface area is 167 Å².